The maximum Gasteiger partial charge on any atom is 0.416 e. The van der Waals surface area contributed by atoms with Crippen molar-refractivity contribution in [2.24, 2.45) is 0 Å². The van der Waals surface area contributed by atoms with Crippen LogP contribution in [-0.2, 0) is 6.18 Å². The lowest BCUT2D eigenvalue weighted by molar-refractivity contribution is -0.137. The largest absolute Gasteiger partial charge is 0.493 e. The molecule has 7 heteroatoms. The van der Waals surface area contributed by atoms with Gasteiger partial charge in [-0.2, -0.15) is 13.2 Å². The van der Waals surface area contributed by atoms with Gasteiger partial charge < -0.3 is 14.8 Å². The minimum absolute atomic E-state index is 0.0433. The molecule has 0 bridgehead atoms. The summed E-state index contributed by atoms with van der Waals surface area (Å²) in [6.07, 6.45) is -4.43. The lowest BCUT2D eigenvalue weighted by Crippen LogP contribution is -2.26. The van der Waals surface area contributed by atoms with Crippen LogP contribution in [0.5, 0.6) is 11.5 Å². The van der Waals surface area contributed by atoms with E-state index in [9.17, 15) is 18.0 Å². The second-order valence-corrected chi connectivity index (χ2v) is 6.35. The van der Waals surface area contributed by atoms with E-state index in [0.29, 0.717) is 22.6 Å². The molecule has 1 amide bonds. The fourth-order valence-electron chi connectivity index (χ4n) is 2.48. The van der Waals surface area contributed by atoms with E-state index in [1.165, 1.54) is 19.2 Å². The zero-order valence-corrected chi connectivity index (χ0v) is 15.6. The van der Waals surface area contributed by atoms with Gasteiger partial charge in [0.25, 0.3) is 5.91 Å². The number of ether oxygens (including phenoxy) is 2. The Hall–Kier alpha value is -2.70. The molecule has 2 rings (SSSR count). The van der Waals surface area contributed by atoms with Crippen molar-refractivity contribution in [3.8, 4) is 11.5 Å². The number of carbonyl (C=O) groups excluding carboxylic acids is 1. The molecular weight excluding hydrogens is 359 g/mol. The predicted octanol–water partition coefficient (Wildman–Crippen LogP) is 4.99. The molecule has 0 spiro atoms. The van der Waals surface area contributed by atoms with Gasteiger partial charge in [0.15, 0.2) is 11.5 Å². The number of carbonyl (C=O) groups is 1. The lowest BCUT2D eigenvalue weighted by Gasteiger charge is -2.17. The van der Waals surface area contributed by atoms with Crippen molar-refractivity contribution in [3.63, 3.8) is 0 Å². The maximum atomic E-state index is 12.6. The van der Waals surface area contributed by atoms with Gasteiger partial charge in [-0.05, 0) is 56.7 Å². The number of hydrogen-bond donors (Lipinski definition) is 1. The Kier molecular flexibility index (Phi) is 6.36. The molecule has 4 nitrogen and oxygen atoms in total. The highest BCUT2D eigenvalue weighted by Crippen LogP contribution is 2.31. The Morgan fingerprint density at radius 2 is 1.63 bits per heavy atom. The number of alkyl halides is 3. The monoisotopic (exact) mass is 381 g/mol. The van der Waals surface area contributed by atoms with Gasteiger partial charge in [0, 0.05) is 5.56 Å². The average Bonchev–Trinajstić information content (AvgIpc) is 2.60. The van der Waals surface area contributed by atoms with Crippen molar-refractivity contribution in [3.05, 3.63) is 59.2 Å². The molecule has 0 saturated heterocycles. The third kappa shape index (κ3) is 5.39. The van der Waals surface area contributed by atoms with Gasteiger partial charge in [-0.25, -0.2) is 0 Å². The Morgan fingerprint density at radius 1 is 1.00 bits per heavy atom. The molecule has 1 atom stereocenters. The van der Waals surface area contributed by atoms with Crippen LogP contribution < -0.4 is 14.8 Å². The summed E-state index contributed by atoms with van der Waals surface area (Å²) in [5, 5.41) is 2.77. The zero-order valence-electron chi connectivity index (χ0n) is 15.6. The van der Waals surface area contributed by atoms with Crippen LogP contribution in [0.2, 0.25) is 0 Å². The number of amides is 1. The van der Waals surface area contributed by atoms with Gasteiger partial charge >= 0.3 is 6.18 Å². The van der Waals surface area contributed by atoms with Crippen molar-refractivity contribution < 1.29 is 27.4 Å². The number of hydrogen-bond acceptors (Lipinski definition) is 3. The summed E-state index contributed by atoms with van der Waals surface area (Å²) in [6.45, 7) is 5.46. The van der Waals surface area contributed by atoms with E-state index < -0.39 is 17.8 Å². The average molecular weight is 381 g/mol. The third-order valence-electron chi connectivity index (χ3n) is 3.87. The van der Waals surface area contributed by atoms with E-state index >= 15 is 0 Å². The van der Waals surface area contributed by atoms with E-state index in [2.05, 4.69) is 5.32 Å². The molecular formula is C20H22F3NO3. The first kappa shape index (κ1) is 20.6. The number of nitrogens with one attached hydrogen (secondary N) is 1. The van der Waals surface area contributed by atoms with Crippen LogP contribution in [0.3, 0.4) is 0 Å². The van der Waals surface area contributed by atoms with E-state index in [1.807, 2.05) is 13.8 Å². The zero-order chi connectivity index (χ0) is 20.2. The molecule has 0 aliphatic carbocycles. The van der Waals surface area contributed by atoms with E-state index in [1.54, 1.807) is 25.1 Å². The number of rotatable bonds is 6. The van der Waals surface area contributed by atoms with Crippen LogP contribution in [0.15, 0.2) is 42.5 Å². The van der Waals surface area contributed by atoms with Gasteiger partial charge in [0.1, 0.15) is 0 Å². The third-order valence-corrected chi connectivity index (χ3v) is 3.87. The number of benzene rings is 2. The summed E-state index contributed by atoms with van der Waals surface area (Å²) in [4.78, 5) is 12.5. The second-order valence-electron chi connectivity index (χ2n) is 6.35. The summed E-state index contributed by atoms with van der Waals surface area (Å²) in [6, 6.07) is 9.07. The molecule has 2 aromatic rings. The molecule has 0 aromatic heterocycles. The summed E-state index contributed by atoms with van der Waals surface area (Å²) in [5.74, 6) is 0.593. The van der Waals surface area contributed by atoms with Crippen LogP contribution in [0.25, 0.3) is 0 Å². The molecule has 0 fully saturated rings. The fraction of sp³-hybridized carbons (Fsp3) is 0.350. The van der Waals surface area contributed by atoms with Crippen molar-refractivity contribution in [1.29, 1.82) is 0 Å². The number of methoxy groups -OCH3 is 1. The van der Waals surface area contributed by atoms with Crippen LogP contribution in [0.1, 0.15) is 48.3 Å². The lowest BCUT2D eigenvalue weighted by atomic mass is 10.1. The van der Waals surface area contributed by atoms with Gasteiger partial charge in [-0.15, -0.1) is 0 Å². The highest BCUT2D eigenvalue weighted by Gasteiger charge is 2.30. The van der Waals surface area contributed by atoms with Gasteiger partial charge in [-0.3, -0.25) is 4.79 Å². The Labute approximate surface area is 156 Å². The van der Waals surface area contributed by atoms with Crippen LogP contribution in [-0.4, -0.2) is 19.1 Å². The highest BCUT2D eigenvalue weighted by atomic mass is 19.4. The van der Waals surface area contributed by atoms with Crippen LogP contribution in [0.4, 0.5) is 13.2 Å². The standard InChI is InChI=1S/C20H22F3NO3/c1-12(2)27-17-10-7-15(11-18(17)26-4)19(25)24-13(3)14-5-8-16(9-6-14)20(21,22)23/h5-13H,1-4H3,(H,24,25). The molecule has 0 aliphatic heterocycles. The molecule has 0 saturated carbocycles. The highest BCUT2D eigenvalue weighted by molar-refractivity contribution is 5.95. The van der Waals surface area contributed by atoms with Crippen LogP contribution >= 0.6 is 0 Å². The minimum Gasteiger partial charge on any atom is -0.493 e. The Balaban J connectivity index is 2.12. The van der Waals surface area contributed by atoms with Gasteiger partial charge in [0.2, 0.25) is 0 Å². The minimum atomic E-state index is -4.39. The molecule has 0 aliphatic rings. The first-order valence-corrected chi connectivity index (χ1v) is 8.44. The number of halogens is 3. The predicted molar refractivity (Wildman–Crippen MR) is 96.1 cm³/mol. The van der Waals surface area contributed by atoms with Crippen molar-refractivity contribution in [2.45, 2.75) is 39.1 Å². The normalized spacial score (nSPS) is 12.6. The van der Waals surface area contributed by atoms with E-state index in [4.69, 9.17) is 9.47 Å². The van der Waals surface area contributed by atoms with Crippen molar-refractivity contribution in [1.82, 2.24) is 5.32 Å². The maximum absolute atomic E-state index is 12.6. The molecule has 1 N–H and O–H groups in total. The van der Waals surface area contributed by atoms with Crippen molar-refractivity contribution in [2.75, 3.05) is 7.11 Å². The molecule has 1 unspecified atom stereocenters. The van der Waals surface area contributed by atoms with E-state index in [0.717, 1.165) is 12.1 Å². The summed E-state index contributed by atoms with van der Waals surface area (Å²) in [7, 11) is 1.48. The Morgan fingerprint density at radius 3 is 2.15 bits per heavy atom. The Bertz CT molecular complexity index is 786. The molecule has 0 radical (unpaired) electrons. The smallest absolute Gasteiger partial charge is 0.416 e. The van der Waals surface area contributed by atoms with Gasteiger partial charge in [-0.1, -0.05) is 12.1 Å². The summed E-state index contributed by atoms with van der Waals surface area (Å²) < 4.78 is 48.8. The molecule has 2 aromatic carbocycles. The second kappa shape index (κ2) is 8.33. The van der Waals surface area contributed by atoms with Crippen LogP contribution in [0, 0.1) is 0 Å². The molecule has 27 heavy (non-hydrogen) atoms. The quantitative estimate of drug-likeness (QED) is 0.767. The summed E-state index contributed by atoms with van der Waals surface area (Å²) >= 11 is 0. The first-order valence-electron chi connectivity index (χ1n) is 8.44. The molecule has 146 valence electrons. The van der Waals surface area contributed by atoms with Crippen molar-refractivity contribution >= 4 is 5.91 Å². The van der Waals surface area contributed by atoms with E-state index in [-0.39, 0.29) is 12.0 Å². The first-order chi connectivity index (χ1) is 12.6. The van der Waals surface area contributed by atoms with Gasteiger partial charge in [0.05, 0.1) is 24.8 Å². The topological polar surface area (TPSA) is 47.6 Å². The fourth-order valence-corrected chi connectivity index (χ4v) is 2.48. The summed E-state index contributed by atoms with van der Waals surface area (Å²) in [5.41, 5.74) is 0.208. The molecule has 0 heterocycles. The SMILES string of the molecule is COc1cc(C(=O)NC(C)c2ccc(C(F)(F)F)cc2)ccc1OC(C)C.